The van der Waals surface area contributed by atoms with E-state index in [1.165, 1.54) is 12.1 Å². The van der Waals surface area contributed by atoms with E-state index in [1.807, 2.05) is 6.07 Å². The molecule has 0 amide bonds. The van der Waals surface area contributed by atoms with Gasteiger partial charge in [0.05, 0.1) is 5.02 Å². The Balaban J connectivity index is 1.70. The fraction of sp³-hybridized carbons (Fsp3) is 0.167. The van der Waals surface area contributed by atoms with Crippen LogP contribution in [0.5, 0.6) is 5.75 Å². The number of sulfonamides is 1. The van der Waals surface area contributed by atoms with Crippen molar-refractivity contribution in [3.05, 3.63) is 69.5 Å². The molecule has 0 aliphatic rings. The molecule has 9 heteroatoms. The first kappa shape index (κ1) is 21.2. The summed E-state index contributed by atoms with van der Waals surface area (Å²) in [6.45, 7) is -0.476. The zero-order valence-corrected chi connectivity index (χ0v) is 16.4. The molecular formula is C18H17Cl2NO5S. The quantitative estimate of drug-likeness (QED) is 0.487. The number of carbonyl (C=O) groups is 1. The minimum atomic E-state index is -3.75. The summed E-state index contributed by atoms with van der Waals surface area (Å²) >= 11 is 11.7. The SMILES string of the molecule is O=C(CNS(=O)(=O)/C=C/c1ccccc1)OCCOc1ccc(Cl)cc1Cl. The van der Waals surface area contributed by atoms with Gasteiger partial charge in [-0.25, -0.2) is 13.1 Å². The summed E-state index contributed by atoms with van der Waals surface area (Å²) in [6.07, 6.45) is 1.43. The molecule has 0 radical (unpaired) electrons. The van der Waals surface area contributed by atoms with Gasteiger partial charge in [-0.2, -0.15) is 0 Å². The second-order valence-corrected chi connectivity index (χ2v) is 7.72. The molecular weight excluding hydrogens is 413 g/mol. The van der Waals surface area contributed by atoms with E-state index in [1.54, 1.807) is 36.4 Å². The Kier molecular flexibility index (Phi) is 8.12. The Morgan fingerprint density at radius 1 is 1.07 bits per heavy atom. The van der Waals surface area contributed by atoms with Gasteiger partial charge in [0.2, 0.25) is 10.0 Å². The van der Waals surface area contributed by atoms with Crippen LogP contribution in [0.3, 0.4) is 0 Å². The van der Waals surface area contributed by atoms with Gasteiger partial charge in [-0.05, 0) is 29.8 Å². The fourth-order valence-electron chi connectivity index (χ4n) is 1.89. The van der Waals surface area contributed by atoms with E-state index in [0.29, 0.717) is 15.8 Å². The van der Waals surface area contributed by atoms with E-state index >= 15 is 0 Å². The highest BCUT2D eigenvalue weighted by Crippen LogP contribution is 2.27. The summed E-state index contributed by atoms with van der Waals surface area (Å²) in [6, 6.07) is 13.7. The van der Waals surface area contributed by atoms with Gasteiger partial charge >= 0.3 is 5.97 Å². The van der Waals surface area contributed by atoms with Crippen LogP contribution in [0.4, 0.5) is 0 Å². The summed E-state index contributed by atoms with van der Waals surface area (Å²) in [7, 11) is -3.75. The van der Waals surface area contributed by atoms with Gasteiger partial charge in [-0.15, -0.1) is 0 Å². The van der Waals surface area contributed by atoms with Crippen LogP contribution in [0.1, 0.15) is 5.56 Å². The molecule has 0 saturated carbocycles. The minimum Gasteiger partial charge on any atom is -0.488 e. The van der Waals surface area contributed by atoms with Crippen molar-refractivity contribution < 1.29 is 22.7 Å². The van der Waals surface area contributed by atoms with Crippen LogP contribution in [-0.4, -0.2) is 34.1 Å². The average Bonchev–Trinajstić information content (AvgIpc) is 2.64. The molecule has 2 rings (SSSR count). The summed E-state index contributed by atoms with van der Waals surface area (Å²) < 4.78 is 36.1. The number of ether oxygens (including phenoxy) is 2. The number of carbonyl (C=O) groups excluding carboxylic acids is 1. The highest BCUT2D eigenvalue weighted by molar-refractivity contribution is 7.92. The maximum atomic E-state index is 11.8. The first-order valence-corrected chi connectivity index (χ1v) is 10.1. The van der Waals surface area contributed by atoms with Crippen molar-refractivity contribution in [3.8, 4) is 5.75 Å². The number of esters is 1. The van der Waals surface area contributed by atoms with Crippen molar-refractivity contribution in [1.29, 1.82) is 0 Å². The van der Waals surface area contributed by atoms with Crippen molar-refractivity contribution in [2.24, 2.45) is 0 Å². The number of benzene rings is 2. The van der Waals surface area contributed by atoms with E-state index in [2.05, 4.69) is 4.72 Å². The van der Waals surface area contributed by atoms with Crippen molar-refractivity contribution in [2.45, 2.75) is 0 Å². The lowest BCUT2D eigenvalue weighted by Gasteiger charge is -2.09. The highest BCUT2D eigenvalue weighted by Gasteiger charge is 2.10. The molecule has 0 heterocycles. The lowest BCUT2D eigenvalue weighted by Crippen LogP contribution is -2.30. The topological polar surface area (TPSA) is 81.7 Å². The maximum Gasteiger partial charge on any atom is 0.321 e. The minimum absolute atomic E-state index is 0.0562. The van der Waals surface area contributed by atoms with Crippen LogP contribution in [0.2, 0.25) is 10.0 Å². The van der Waals surface area contributed by atoms with Crippen molar-refractivity contribution in [2.75, 3.05) is 19.8 Å². The van der Waals surface area contributed by atoms with E-state index < -0.39 is 22.5 Å². The molecule has 6 nitrogen and oxygen atoms in total. The number of hydrogen-bond acceptors (Lipinski definition) is 5. The van der Waals surface area contributed by atoms with E-state index in [9.17, 15) is 13.2 Å². The van der Waals surface area contributed by atoms with Gasteiger partial charge in [-0.1, -0.05) is 53.5 Å². The molecule has 1 N–H and O–H groups in total. The summed E-state index contributed by atoms with van der Waals surface area (Å²) in [5.74, 6) is -0.318. The van der Waals surface area contributed by atoms with Crippen molar-refractivity contribution in [3.63, 3.8) is 0 Å². The Morgan fingerprint density at radius 3 is 2.52 bits per heavy atom. The fourth-order valence-corrected chi connectivity index (χ4v) is 3.10. The van der Waals surface area contributed by atoms with Crippen LogP contribution in [0.25, 0.3) is 6.08 Å². The molecule has 0 atom stereocenters. The first-order chi connectivity index (χ1) is 12.9. The molecule has 0 aliphatic heterocycles. The highest BCUT2D eigenvalue weighted by atomic mass is 35.5. The first-order valence-electron chi connectivity index (χ1n) is 7.82. The smallest absolute Gasteiger partial charge is 0.321 e. The lowest BCUT2D eigenvalue weighted by molar-refractivity contribution is -0.142. The Hall–Kier alpha value is -2.06. The molecule has 27 heavy (non-hydrogen) atoms. The third kappa shape index (κ3) is 8.01. The van der Waals surface area contributed by atoms with Gasteiger partial charge in [-0.3, -0.25) is 4.79 Å². The maximum absolute atomic E-state index is 11.8. The van der Waals surface area contributed by atoms with Gasteiger partial charge in [0, 0.05) is 10.4 Å². The predicted molar refractivity (Wildman–Crippen MR) is 105 cm³/mol. The van der Waals surface area contributed by atoms with E-state index in [-0.39, 0.29) is 13.2 Å². The van der Waals surface area contributed by atoms with Crippen LogP contribution >= 0.6 is 23.2 Å². The number of halogens is 2. The predicted octanol–water partition coefficient (Wildman–Crippen LogP) is 3.51. The van der Waals surface area contributed by atoms with E-state index in [0.717, 1.165) is 11.0 Å². The standard InChI is InChI=1S/C18H17Cl2NO5S/c19-15-6-7-17(16(20)12-15)25-9-10-26-18(22)13-21-27(23,24)11-8-14-4-2-1-3-5-14/h1-8,11-12,21H,9-10,13H2/b11-8+. The molecule has 0 spiro atoms. The summed E-state index contributed by atoms with van der Waals surface area (Å²) in [4.78, 5) is 11.6. The largest absolute Gasteiger partial charge is 0.488 e. The molecule has 2 aromatic carbocycles. The molecule has 0 saturated heterocycles. The molecule has 0 fully saturated rings. The zero-order valence-electron chi connectivity index (χ0n) is 14.1. The summed E-state index contributed by atoms with van der Waals surface area (Å²) in [5.41, 5.74) is 0.725. The van der Waals surface area contributed by atoms with Gasteiger partial charge in [0.25, 0.3) is 0 Å². The Morgan fingerprint density at radius 2 is 1.81 bits per heavy atom. The second kappa shape index (κ2) is 10.3. The number of hydrogen-bond donors (Lipinski definition) is 1. The van der Waals surface area contributed by atoms with Crippen LogP contribution in [-0.2, 0) is 19.6 Å². The Labute approximate surface area is 167 Å². The molecule has 144 valence electrons. The molecule has 2 aromatic rings. The van der Waals surface area contributed by atoms with Gasteiger partial charge < -0.3 is 9.47 Å². The van der Waals surface area contributed by atoms with Crippen molar-refractivity contribution in [1.82, 2.24) is 4.72 Å². The average molecular weight is 430 g/mol. The Bertz CT molecular complexity index is 901. The molecule has 0 unspecified atom stereocenters. The molecule has 0 bridgehead atoms. The third-order valence-electron chi connectivity index (χ3n) is 3.15. The van der Waals surface area contributed by atoms with Crippen LogP contribution < -0.4 is 9.46 Å². The number of nitrogens with one attached hydrogen (secondary N) is 1. The molecule has 0 aliphatic carbocycles. The third-order valence-corrected chi connectivity index (χ3v) is 4.73. The second-order valence-electron chi connectivity index (χ2n) is 5.22. The zero-order chi connectivity index (χ0) is 19.7. The van der Waals surface area contributed by atoms with Crippen LogP contribution in [0.15, 0.2) is 53.9 Å². The monoisotopic (exact) mass is 429 g/mol. The van der Waals surface area contributed by atoms with Crippen molar-refractivity contribution >= 4 is 45.3 Å². The lowest BCUT2D eigenvalue weighted by atomic mass is 10.2. The van der Waals surface area contributed by atoms with Crippen LogP contribution in [0, 0.1) is 0 Å². The van der Waals surface area contributed by atoms with Gasteiger partial charge in [0.15, 0.2) is 0 Å². The van der Waals surface area contributed by atoms with Gasteiger partial charge in [0.1, 0.15) is 25.5 Å². The summed E-state index contributed by atoms with van der Waals surface area (Å²) in [5, 5.41) is 1.81. The number of rotatable bonds is 9. The van der Waals surface area contributed by atoms with E-state index in [4.69, 9.17) is 32.7 Å². The normalized spacial score (nSPS) is 11.5. The molecule has 0 aromatic heterocycles.